The highest BCUT2D eigenvalue weighted by Gasteiger charge is 2.66. The third-order valence-corrected chi connectivity index (χ3v) is 17.6. The molecule has 4 atom stereocenters. The van der Waals surface area contributed by atoms with Gasteiger partial charge < -0.3 is 29.1 Å². The van der Waals surface area contributed by atoms with Crippen LogP contribution in [0.1, 0.15) is 40.4 Å². The van der Waals surface area contributed by atoms with Gasteiger partial charge in [-0.2, -0.15) is 0 Å². The summed E-state index contributed by atoms with van der Waals surface area (Å²) in [7, 11) is -1.00. The summed E-state index contributed by atoms with van der Waals surface area (Å²) < 4.78 is 19.3. The van der Waals surface area contributed by atoms with Crippen molar-refractivity contribution in [1.82, 2.24) is 4.90 Å². The minimum absolute atomic E-state index is 0.00325. The number of ether oxygens (including phenoxy) is 3. The van der Waals surface area contributed by atoms with E-state index in [4.69, 9.17) is 14.2 Å². The van der Waals surface area contributed by atoms with Crippen LogP contribution < -0.4 is 24.5 Å². The lowest BCUT2D eigenvalue weighted by Crippen LogP contribution is -2.52. The fourth-order valence-corrected chi connectivity index (χ4v) is 14.2. The first kappa shape index (κ1) is 41.8. The third kappa shape index (κ3) is 7.39. The molecule has 0 aliphatic carbocycles. The van der Waals surface area contributed by atoms with Gasteiger partial charge in [0.25, 0.3) is 11.8 Å². The summed E-state index contributed by atoms with van der Waals surface area (Å²) >= 11 is 0. The second-order valence-corrected chi connectivity index (χ2v) is 21.9. The summed E-state index contributed by atoms with van der Waals surface area (Å²) in [5.41, 5.74) is 3.00. The summed E-state index contributed by atoms with van der Waals surface area (Å²) in [6.07, 6.45) is -0.672. The number of anilines is 3. The third-order valence-electron chi connectivity index (χ3n) is 13.2. The number of amides is 3. The number of hydrogen-bond donors (Lipinski definition) is 1. The largest absolute Gasteiger partial charge is 0.497 e. The molecule has 0 aromatic heterocycles. The lowest BCUT2D eigenvalue weighted by Gasteiger charge is -2.37. The highest BCUT2D eigenvalue weighted by Crippen LogP contribution is 2.61. The second-order valence-electron chi connectivity index (χ2n) is 17.2. The highest BCUT2D eigenvalue weighted by atomic mass is 28.3. The van der Waals surface area contributed by atoms with Crippen LogP contribution in [0.25, 0.3) is 0 Å². The smallest absolute Gasteiger partial charge is 0.266 e. The van der Waals surface area contributed by atoms with E-state index in [-0.39, 0.29) is 42.8 Å². The molecule has 10 nitrogen and oxygen atoms in total. The summed E-state index contributed by atoms with van der Waals surface area (Å²) in [5, 5.41) is 11.3. The van der Waals surface area contributed by atoms with Gasteiger partial charge in [-0.15, -0.1) is 0 Å². The number of methoxy groups -OCH3 is 1. The molecule has 1 saturated heterocycles. The van der Waals surface area contributed by atoms with Gasteiger partial charge in [-0.3, -0.25) is 19.3 Å². The van der Waals surface area contributed by atoms with Crippen LogP contribution in [0.5, 0.6) is 17.2 Å². The molecule has 0 bridgehead atoms. The number of aliphatic hydroxyl groups is 1. The van der Waals surface area contributed by atoms with Crippen LogP contribution in [-0.2, 0) is 33.0 Å². The summed E-state index contributed by atoms with van der Waals surface area (Å²) in [6, 6.07) is 48.1. The lowest BCUT2D eigenvalue weighted by atomic mass is 9.82. The van der Waals surface area contributed by atoms with Crippen molar-refractivity contribution < 1.29 is 33.7 Å². The average Bonchev–Trinajstić information content (AvgIpc) is 3.67. The molecule has 6 aromatic rings. The molecule has 0 saturated carbocycles. The van der Waals surface area contributed by atoms with Gasteiger partial charge in [0, 0.05) is 30.3 Å². The summed E-state index contributed by atoms with van der Waals surface area (Å²) in [6.45, 7) is 7.25. The Bertz CT molecular complexity index is 2660. The normalized spacial score (nSPS) is 20.2. The monoisotopic (exact) mass is 857 g/mol. The molecular weight excluding hydrogens is 807 g/mol. The van der Waals surface area contributed by atoms with E-state index >= 15 is 4.79 Å². The summed E-state index contributed by atoms with van der Waals surface area (Å²) in [5.74, 6) is 0.647. The van der Waals surface area contributed by atoms with Crippen molar-refractivity contribution in [3.63, 3.8) is 0 Å². The van der Waals surface area contributed by atoms with Gasteiger partial charge in [0.05, 0.1) is 57.8 Å². The fourth-order valence-electron chi connectivity index (χ4n) is 10.1. The van der Waals surface area contributed by atoms with Gasteiger partial charge in [0.2, 0.25) is 5.91 Å². The maximum atomic E-state index is 15.7. The standard InChI is InChI=1S/C52H51N3O7Si/c1-35-49(63(3,4)40-26-24-39(60-2)25-27-40)47(32-48(57)53(29-30-56)33-36-15-7-5-8-16-36)62-52(35)42-31-38(23-28-43(42)54(51(52)59)34-37-17-9-6-10-18-37)55-44-20-12-14-22-46(44)61-45-21-13-11-19-41(45)50(55)58/h5-28,31,35,47,49,56H,29-30,32-34H2,1-4H3/t35-,47+,49-,52+/m0/s1. The van der Waals surface area contributed by atoms with Gasteiger partial charge in [0.15, 0.2) is 11.4 Å². The molecule has 3 heterocycles. The molecule has 0 radical (unpaired) electrons. The van der Waals surface area contributed by atoms with Gasteiger partial charge in [-0.25, -0.2) is 0 Å². The van der Waals surface area contributed by atoms with E-state index in [9.17, 15) is 14.7 Å². The molecule has 9 rings (SSSR count). The van der Waals surface area contributed by atoms with Gasteiger partial charge in [-0.1, -0.05) is 122 Å². The van der Waals surface area contributed by atoms with E-state index in [1.165, 1.54) is 0 Å². The number of fused-ring (bicyclic) bond motifs is 4. The molecule has 63 heavy (non-hydrogen) atoms. The van der Waals surface area contributed by atoms with Crippen LogP contribution in [0, 0.1) is 5.92 Å². The molecule has 1 N–H and O–H groups in total. The van der Waals surface area contributed by atoms with E-state index in [1.807, 2.05) is 127 Å². The Morgan fingerprint density at radius 2 is 1.44 bits per heavy atom. The highest BCUT2D eigenvalue weighted by molar-refractivity contribution is 6.91. The van der Waals surface area contributed by atoms with E-state index in [2.05, 4.69) is 32.2 Å². The molecule has 3 aliphatic heterocycles. The van der Waals surface area contributed by atoms with Crippen LogP contribution in [0.4, 0.5) is 17.1 Å². The predicted octanol–water partition coefficient (Wildman–Crippen LogP) is 8.95. The number of carbonyl (C=O) groups excluding carboxylic acids is 3. The number of nitrogens with zero attached hydrogens (tertiary/aromatic N) is 3. The van der Waals surface area contributed by atoms with E-state index in [0.717, 1.165) is 22.1 Å². The first-order valence-corrected chi connectivity index (χ1v) is 24.6. The van der Waals surface area contributed by atoms with Crippen LogP contribution in [0.15, 0.2) is 152 Å². The van der Waals surface area contributed by atoms with Crippen LogP contribution in [-0.4, -0.2) is 62.2 Å². The Hall–Kier alpha value is -6.53. The number of benzene rings is 6. The maximum absolute atomic E-state index is 15.7. The van der Waals surface area contributed by atoms with Crippen LogP contribution in [0.3, 0.4) is 0 Å². The number of aliphatic hydroxyl groups excluding tert-OH is 1. The summed E-state index contributed by atoms with van der Waals surface area (Å²) in [4.78, 5) is 50.3. The Balaban J connectivity index is 1.20. The molecule has 1 spiro atoms. The van der Waals surface area contributed by atoms with E-state index in [1.54, 1.807) is 33.9 Å². The molecule has 11 heteroatoms. The fraction of sp³-hybridized carbons (Fsp3) is 0.250. The minimum Gasteiger partial charge on any atom is -0.497 e. The molecule has 320 valence electrons. The van der Waals surface area contributed by atoms with Crippen LogP contribution in [0.2, 0.25) is 18.6 Å². The van der Waals surface area contributed by atoms with Crippen molar-refractivity contribution in [3.8, 4) is 17.2 Å². The molecule has 0 unspecified atom stereocenters. The number of carbonyl (C=O) groups is 3. The zero-order chi connectivity index (χ0) is 43.9. The van der Waals surface area contributed by atoms with Crippen molar-refractivity contribution in [2.45, 2.75) is 56.8 Å². The Labute approximate surface area is 369 Å². The van der Waals surface area contributed by atoms with E-state index in [0.29, 0.717) is 52.8 Å². The number of para-hydroxylation sites is 3. The van der Waals surface area contributed by atoms with Gasteiger partial charge in [0.1, 0.15) is 11.5 Å². The maximum Gasteiger partial charge on any atom is 0.266 e. The number of rotatable bonds is 12. The predicted molar refractivity (Wildman–Crippen MR) is 247 cm³/mol. The second kappa shape index (κ2) is 17.0. The first-order valence-electron chi connectivity index (χ1n) is 21.5. The Kier molecular flexibility index (Phi) is 11.3. The minimum atomic E-state index is -2.65. The zero-order valence-corrected chi connectivity index (χ0v) is 36.9. The van der Waals surface area contributed by atoms with Crippen LogP contribution >= 0.6 is 0 Å². The quantitative estimate of drug-likeness (QED) is 0.123. The van der Waals surface area contributed by atoms with Gasteiger partial charge in [-0.05, 0) is 71.3 Å². The van der Waals surface area contributed by atoms with Crippen molar-refractivity contribution >= 4 is 48.0 Å². The van der Waals surface area contributed by atoms with Gasteiger partial charge >= 0.3 is 0 Å². The molecule has 6 aromatic carbocycles. The zero-order valence-electron chi connectivity index (χ0n) is 35.9. The Morgan fingerprint density at radius 1 is 0.794 bits per heavy atom. The van der Waals surface area contributed by atoms with E-state index < -0.39 is 25.7 Å². The molecule has 3 amide bonds. The lowest BCUT2D eigenvalue weighted by molar-refractivity contribution is -0.150. The SMILES string of the molecule is COc1ccc([Si](C)(C)[C@@H]2[C@@H](CC(=O)N(CCO)Cc3ccccc3)O[C@]3(C(=O)N(Cc4ccccc4)c4ccc(N5C(=O)c6ccccc6Oc6ccccc65)cc43)[C@H]2C)cc1. The van der Waals surface area contributed by atoms with Crippen molar-refractivity contribution in [3.05, 3.63) is 174 Å². The Morgan fingerprint density at radius 3 is 2.14 bits per heavy atom. The van der Waals surface area contributed by atoms with Crippen molar-refractivity contribution in [2.24, 2.45) is 5.92 Å². The topological polar surface area (TPSA) is 109 Å². The number of hydrogen-bond acceptors (Lipinski definition) is 7. The molecular formula is C52H51N3O7Si. The average molecular weight is 858 g/mol. The first-order chi connectivity index (χ1) is 30.5. The molecule has 1 fully saturated rings. The van der Waals surface area contributed by atoms with Crippen molar-refractivity contribution in [2.75, 3.05) is 30.1 Å². The van der Waals surface area contributed by atoms with Crippen molar-refractivity contribution in [1.29, 1.82) is 0 Å². The molecule has 3 aliphatic rings.